The highest BCUT2D eigenvalue weighted by Crippen LogP contribution is 2.35. The number of rotatable bonds is 12. The van der Waals surface area contributed by atoms with Crippen LogP contribution in [0.25, 0.3) is 22.4 Å². The smallest absolute Gasteiger partial charge is 0.416 e. The van der Waals surface area contributed by atoms with Crippen LogP contribution in [0.3, 0.4) is 0 Å². The molecule has 5 rings (SSSR count). The average Bonchev–Trinajstić information content (AvgIpc) is 3.43. The van der Waals surface area contributed by atoms with Crippen molar-refractivity contribution in [3.05, 3.63) is 102 Å². The van der Waals surface area contributed by atoms with Gasteiger partial charge in [-0.25, -0.2) is 4.98 Å². The molecule has 5 aromatic rings. The second-order valence-corrected chi connectivity index (χ2v) is 10.7. The average molecular weight is 660 g/mol. The highest BCUT2D eigenvalue weighted by molar-refractivity contribution is 6.06. The molecule has 4 aromatic carbocycles. The molecule has 1 atom stereocenters. The van der Waals surface area contributed by atoms with Crippen molar-refractivity contribution >= 4 is 34.5 Å². The number of nitrogens with two attached hydrogens (primary N) is 2. The summed E-state index contributed by atoms with van der Waals surface area (Å²) in [5.74, 6) is -0.0828. The lowest BCUT2D eigenvalue weighted by molar-refractivity contribution is -0.137. The fourth-order valence-corrected chi connectivity index (χ4v) is 5.12. The van der Waals surface area contributed by atoms with E-state index in [2.05, 4.69) is 10.6 Å². The molecule has 248 valence electrons. The van der Waals surface area contributed by atoms with Crippen molar-refractivity contribution in [1.29, 1.82) is 5.41 Å². The second-order valence-electron chi connectivity index (χ2n) is 10.7. The lowest BCUT2D eigenvalue weighted by Gasteiger charge is -2.20. The summed E-state index contributed by atoms with van der Waals surface area (Å²) in [6.45, 7) is 0.317. The Morgan fingerprint density at radius 1 is 0.938 bits per heavy atom. The number of nitrogens with zero attached hydrogens (tertiary/aromatic N) is 2. The minimum atomic E-state index is -4.54. The standard InChI is InChI=1S/C34H32F3N7O4/c1-47-24-13-11-23(12-14-24)42-32(46)21-10-15-28-27(18-21)43-31(44(28)29(30(38)45)9-4-16-41-33(39)40)20-5-2-7-25(17-20)48-26-8-3-6-22(19-26)34(35,36)37/h2-3,5-8,10-15,17-19,29H,4,9,16H2,1H3,(H2,38,45)(H,42,46)(H4,39,40,41). The zero-order valence-corrected chi connectivity index (χ0v) is 25.7. The second kappa shape index (κ2) is 14.2. The van der Waals surface area contributed by atoms with Gasteiger partial charge in [-0.3, -0.25) is 15.0 Å². The van der Waals surface area contributed by atoms with Crippen LogP contribution in [0.5, 0.6) is 17.2 Å². The molecule has 11 nitrogen and oxygen atoms in total. The van der Waals surface area contributed by atoms with Crippen LogP contribution in [-0.2, 0) is 11.0 Å². The number of primary amides is 1. The Bertz CT molecular complexity index is 1960. The van der Waals surface area contributed by atoms with Crippen LogP contribution in [0.1, 0.15) is 34.8 Å². The Labute approximate surface area is 273 Å². The first-order chi connectivity index (χ1) is 22.9. The molecule has 0 fully saturated rings. The minimum Gasteiger partial charge on any atom is -0.497 e. The number of nitrogens with one attached hydrogen (secondary N) is 3. The van der Waals surface area contributed by atoms with Crippen LogP contribution >= 0.6 is 0 Å². The predicted molar refractivity (Wildman–Crippen MR) is 175 cm³/mol. The van der Waals surface area contributed by atoms with Crippen molar-refractivity contribution in [1.82, 2.24) is 14.9 Å². The van der Waals surface area contributed by atoms with Gasteiger partial charge in [-0.05, 0) is 85.6 Å². The van der Waals surface area contributed by atoms with Gasteiger partial charge in [0.1, 0.15) is 29.1 Å². The van der Waals surface area contributed by atoms with Gasteiger partial charge in [0.2, 0.25) is 5.91 Å². The molecule has 0 aliphatic carbocycles. The quantitative estimate of drug-likeness (QED) is 0.0615. The third-order valence-corrected chi connectivity index (χ3v) is 7.40. The van der Waals surface area contributed by atoms with Crippen molar-refractivity contribution in [3.63, 3.8) is 0 Å². The molecule has 0 saturated heterocycles. The number of halogens is 3. The zero-order chi connectivity index (χ0) is 34.4. The Morgan fingerprint density at radius 3 is 2.31 bits per heavy atom. The van der Waals surface area contributed by atoms with E-state index in [9.17, 15) is 22.8 Å². The highest BCUT2D eigenvalue weighted by atomic mass is 19.4. The third-order valence-electron chi connectivity index (χ3n) is 7.40. The van der Waals surface area contributed by atoms with E-state index in [0.717, 1.165) is 12.1 Å². The molecule has 1 aromatic heterocycles. The predicted octanol–water partition coefficient (Wildman–Crippen LogP) is 6.06. The summed E-state index contributed by atoms with van der Waals surface area (Å²) in [7, 11) is 1.54. The molecule has 1 unspecified atom stereocenters. The summed E-state index contributed by atoms with van der Waals surface area (Å²) in [6.07, 6.45) is -3.86. The van der Waals surface area contributed by atoms with Gasteiger partial charge in [-0.2, -0.15) is 13.2 Å². The summed E-state index contributed by atoms with van der Waals surface area (Å²) in [5, 5.41) is 12.9. The third kappa shape index (κ3) is 7.84. The largest absolute Gasteiger partial charge is 0.497 e. The molecule has 48 heavy (non-hydrogen) atoms. The molecule has 1 heterocycles. The molecule has 0 saturated carbocycles. The number of imidazole rings is 1. The van der Waals surface area contributed by atoms with E-state index < -0.39 is 29.6 Å². The number of ether oxygens (including phenoxy) is 2. The molecule has 0 aliphatic heterocycles. The summed E-state index contributed by atoms with van der Waals surface area (Å²) >= 11 is 0. The normalized spacial score (nSPS) is 11.9. The van der Waals surface area contributed by atoms with Crippen LogP contribution in [0.15, 0.2) is 91.0 Å². The summed E-state index contributed by atoms with van der Waals surface area (Å²) in [4.78, 5) is 30.9. The number of hydrogen-bond acceptors (Lipinski definition) is 6. The number of amides is 2. The molecule has 14 heteroatoms. The van der Waals surface area contributed by atoms with E-state index in [0.29, 0.717) is 52.4 Å². The first-order valence-electron chi connectivity index (χ1n) is 14.7. The summed E-state index contributed by atoms with van der Waals surface area (Å²) < 4.78 is 52.5. The molecule has 0 bridgehead atoms. The van der Waals surface area contributed by atoms with Gasteiger partial charge >= 0.3 is 6.18 Å². The van der Waals surface area contributed by atoms with E-state index in [-0.39, 0.29) is 23.9 Å². The maximum atomic E-state index is 13.3. The minimum absolute atomic E-state index is 0.0176. The summed E-state index contributed by atoms with van der Waals surface area (Å²) in [6, 6.07) is 21.8. The molecule has 0 spiro atoms. The van der Waals surface area contributed by atoms with E-state index in [1.54, 1.807) is 78.4 Å². The topological polar surface area (TPSA) is 170 Å². The van der Waals surface area contributed by atoms with Gasteiger partial charge in [0, 0.05) is 23.4 Å². The van der Waals surface area contributed by atoms with E-state index in [1.807, 2.05) is 0 Å². The van der Waals surface area contributed by atoms with Crippen LogP contribution in [0.2, 0.25) is 0 Å². The van der Waals surface area contributed by atoms with E-state index >= 15 is 0 Å². The maximum absolute atomic E-state index is 13.3. The molecular weight excluding hydrogens is 627 g/mol. The Balaban J connectivity index is 1.53. The number of hydrogen-bond donors (Lipinski definition) is 5. The van der Waals surface area contributed by atoms with E-state index in [1.165, 1.54) is 12.1 Å². The van der Waals surface area contributed by atoms with E-state index in [4.69, 9.17) is 31.3 Å². The molecule has 0 aliphatic rings. The lowest BCUT2D eigenvalue weighted by atomic mass is 10.1. The van der Waals surface area contributed by atoms with Crippen molar-refractivity contribution in [2.24, 2.45) is 11.5 Å². The highest BCUT2D eigenvalue weighted by Gasteiger charge is 2.31. The van der Waals surface area contributed by atoms with Crippen molar-refractivity contribution in [2.45, 2.75) is 25.1 Å². The number of aromatic nitrogens is 2. The number of anilines is 1. The van der Waals surface area contributed by atoms with Crippen molar-refractivity contribution < 1.29 is 32.2 Å². The van der Waals surface area contributed by atoms with Crippen LogP contribution < -0.4 is 31.6 Å². The maximum Gasteiger partial charge on any atom is 0.416 e. The number of benzene rings is 4. The molecular formula is C34H32F3N7O4. The Morgan fingerprint density at radius 2 is 1.65 bits per heavy atom. The fourth-order valence-electron chi connectivity index (χ4n) is 5.12. The van der Waals surface area contributed by atoms with Gasteiger partial charge in [0.15, 0.2) is 5.96 Å². The molecule has 7 N–H and O–H groups in total. The van der Waals surface area contributed by atoms with Gasteiger partial charge in [-0.15, -0.1) is 0 Å². The molecule has 2 amide bonds. The monoisotopic (exact) mass is 659 g/mol. The Hall–Kier alpha value is -6.05. The summed E-state index contributed by atoms with van der Waals surface area (Å²) in [5.41, 5.74) is 12.7. The first kappa shape index (κ1) is 33.3. The van der Waals surface area contributed by atoms with Crippen LogP contribution in [0.4, 0.5) is 18.9 Å². The van der Waals surface area contributed by atoms with Crippen molar-refractivity contribution in [2.75, 3.05) is 19.0 Å². The number of alkyl halides is 3. The molecule has 0 radical (unpaired) electrons. The van der Waals surface area contributed by atoms with Crippen molar-refractivity contribution in [3.8, 4) is 28.6 Å². The number of carbonyl (C=O) groups excluding carboxylic acids is 2. The van der Waals surface area contributed by atoms with Gasteiger partial charge in [0.25, 0.3) is 5.91 Å². The zero-order valence-electron chi connectivity index (χ0n) is 25.7. The first-order valence-corrected chi connectivity index (χ1v) is 14.7. The lowest BCUT2D eigenvalue weighted by Crippen LogP contribution is -2.32. The SMILES string of the molecule is COc1ccc(NC(=O)c2ccc3c(c2)nc(-c2cccc(Oc4cccc(C(F)(F)F)c4)c2)n3C(CCCNC(=N)N)C(N)=O)cc1. The number of methoxy groups -OCH3 is 1. The van der Waals surface area contributed by atoms with Gasteiger partial charge in [-0.1, -0.05) is 18.2 Å². The van der Waals surface area contributed by atoms with Crippen LogP contribution in [0, 0.1) is 5.41 Å². The number of guanidine groups is 1. The van der Waals surface area contributed by atoms with Gasteiger partial charge in [0.05, 0.1) is 23.7 Å². The van der Waals surface area contributed by atoms with Crippen LogP contribution in [-0.4, -0.2) is 41.0 Å². The van der Waals surface area contributed by atoms with Gasteiger partial charge < -0.3 is 36.1 Å². The number of carbonyl (C=O) groups is 2. The Kier molecular flexibility index (Phi) is 9.83. The fraction of sp³-hybridized carbons (Fsp3) is 0.176. The number of fused-ring (bicyclic) bond motifs is 1.